The molecule has 1 aromatic carbocycles. The second kappa shape index (κ2) is 7.95. The van der Waals surface area contributed by atoms with Gasteiger partial charge in [0.2, 0.25) is 0 Å². The Balaban J connectivity index is 1.41. The third kappa shape index (κ3) is 4.68. The number of carbonyl (C=O) groups is 1. The van der Waals surface area contributed by atoms with Crippen molar-refractivity contribution in [2.24, 2.45) is 5.92 Å². The molecular formula is C20H28N2O2. The lowest BCUT2D eigenvalue weighted by Gasteiger charge is -2.31. The van der Waals surface area contributed by atoms with E-state index in [1.54, 1.807) is 0 Å². The van der Waals surface area contributed by atoms with Crippen LogP contribution in [0.4, 0.5) is 0 Å². The molecule has 0 amide bonds. The van der Waals surface area contributed by atoms with Crippen molar-refractivity contribution in [2.75, 3.05) is 26.7 Å². The number of rotatable bonds is 6. The van der Waals surface area contributed by atoms with Crippen LogP contribution in [0.3, 0.4) is 0 Å². The van der Waals surface area contributed by atoms with Crippen LogP contribution in [0, 0.1) is 5.92 Å². The van der Waals surface area contributed by atoms with Crippen LogP contribution in [-0.2, 0) is 9.53 Å². The van der Waals surface area contributed by atoms with Crippen LogP contribution in [0.2, 0.25) is 0 Å². The van der Waals surface area contributed by atoms with E-state index in [4.69, 9.17) is 4.74 Å². The van der Waals surface area contributed by atoms with Gasteiger partial charge in [-0.25, -0.2) is 0 Å². The zero-order valence-electron chi connectivity index (χ0n) is 14.7. The van der Waals surface area contributed by atoms with Crippen molar-refractivity contribution in [3.8, 4) is 0 Å². The second-order valence-electron chi connectivity index (χ2n) is 7.04. The van der Waals surface area contributed by atoms with Gasteiger partial charge in [0, 0.05) is 25.2 Å². The Morgan fingerprint density at radius 1 is 1.29 bits per heavy atom. The molecule has 4 heteroatoms. The van der Waals surface area contributed by atoms with Crippen molar-refractivity contribution in [3.05, 3.63) is 41.5 Å². The van der Waals surface area contributed by atoms with Crippen LogP contribution in [0.25, 0.3) is 6.08 Å². The predicted octanol–water partition coefficient (Wildman–Crippen LogP) is 2.71. The molecule has 1 N–H and O–H groups in total. The van der Waals surface area contributed by atoms with Crippen LogP contribution in [-0.4, -0.2) is 49.7 Å². The molecule has 0 spiro atoms. The molecule has 2 fully saturated rings. The number of hydrogen-bond acceptors (Lipinski definition) is 4. The molecule has 0 unspecified atom stereocenters. The molecule has 1 aliphatic carbocycles. The fraction of sp³-hybridized carbons (Fsp3) is 0.550. The van der Waals surface area contributed by atoms with Gasteiger partial charge in [0.25, 0.3) is 0 Å². The minimum absolute atomic E-state index is 0.134. The van der Waals surface area contributed by atoms with Crippen molar-refractivity contribution in [1.82, 2.24) is 10.2 Å². The van der Waals surface area contributed by atoms with Crippen LogP contribution >= 0.6 is 0 Å². The maximum atomic E-state index is 11.3. The summed E-state index contributed by atoms with van der Waals surface area (Å²) in [4.78, 5) is 13.5. The van der Waals surface area contributed by atoms with Gasteiger partial charge < -0.3 is 10.1 Å². The van der Waals surface area contributed by atoms with E-state index in [1.807, 2.05) is 0 Å². The molecule has 1 aliphatic heterocycles. The summed E-state index contributed by atoms with van der Waals surface area (Å²) in [6.45, 7) is 4.62. The molecule has 0 bridgehead atoms. The molecule has 2 atom stereocenters. The van der Waals surface area contributed by atoms with Crippen molar-refractivity contribution in [1.29, 1.82) is 0 Å². The topological polar surface area (TPSA) is 41.6 Å². The fourth-order valence-electron chi connectivity index (χ4n) is 3.61. The summed E-state index contributed by atoms with van der Waals surface area (Å²) in [5, 5.41) is 3.81. The minimum atomic E-state index is -0.134. The van der Waals surface area contributed by atoms with Gasteiger partial charge in [0.15, 0.2) is 0 Å². The van der Waals surface area contributed by atoms with Crippen molar-refractivity contribution in [2.45, 2.75) is 38.3 Å². The average Bonchev–Trinajstić information content (AvgIpc) is 3.37. The Labute approximate surface area is 144 Å². The van der Waals surface area contributed by atoms with E-state index in [2.05, 4.69) is 53.5 Å². The quantitative estimate of drug-likeness (QED) is 0.815. The summed E-state index contributed by atoms with van der Waals surface area (Å²) in [6.07, 6.45) is 5.78. The molecule has 4 nitrogen and oxygen atoms in total. The third-order valence-corrected chi connectivity index (χ3v) is 5.19. The summed E-state index contributed by atoms with van der Waals surface area (Å²) in [7, 11) is 1.45. The Bertz CT molecular complexity index is 577. The second-order valence-corrected chi connectivity index (χ2v) is 7.04. The maximum absolute atomic E-state index is 11.3. The summed E-state index contributed by atoms with van der Waals surface area (Å²) in [5.74, 6) is 0.545. The molecule has 24 heavy (non-hydrogen) atoms. The number of nitrogens with zero attached hydrogens (tertiary/aromatic N) is 1. The standard InChI is InChI=1S/C20H28N2O2/c1-15(12-16-6-4-3-5-7-16)18-13-19(18)21-17-8-10-22(11-9-17)14-20(23)24-2/h3-7,12,17-19,21H,8-11,13-14H2,1-2H3/b15-12+/t18-,19+/m0/s1. The van der Waals surface area contributed by atoms with Gasteiger partial charge in [-0.15, -0.1) is 0 Å². The lowest BCUT2D eigenvalue weighted by Crippen LogP contribution is -2.45. The van der Waals surface area contributed by atoms with Gasteiger partial charge in [-0.2, -0.15) is 0 Å². The summed E-state index contributed by atoms with van der Waals surface area (Å²) >= 11 is 0. The number of hydrogen-bond donors (Lipinski definition) is 1. The molecule has 0 aromatic heterocycles. The Hall–Kier alpha value is -1.65. The molecule has 1 saturated heterocycles. The van der Waals surface area contributed by atoms with Crippen LogP contribution in [0.15, 0.2) is 35.9 Å². The zero-order valence-corrected chi connectivity index (χ0v) is 14.7. The lowest BCUT2D eigenvalue weighted by molar-refractivity contribution is -0.142. The largest absolute Gasteiger partial charge is 0.468 e. The third-order valence-electron chi connectivity index (χ3n) is 5.19. The van der Waals surface area contributed by atoms with E-state index in [-0.39, 0.29) is 5.97 Å². The number of carbonyl (C=O) groups excluding carboxylic acids is 1. The Kier molecular flexibility index (Phi) is 5.69. The van der Waals surface area contributed by atoms with Crippen LogP contribution in [0.5, 0.6) is 0 Å². The zero-order chi connectivity index (χ0) is 16.9. The summed E-state index contributed by atoms with van der Waals surface area (Å²) < 4.78 is 4.74. The number of methoxy groups -OCH3 is 1. The smallest absolute Gasteiger partial charge is 0.319 e. The highest BCUT2D eigenvalue weighted by Gasteiger charge is 2.39. The SMILES string of the molecule is COC(=O)CN1CCC(N[C@@H]2C[C@H]2/C(C)=C/c2ccccc2)CC1. The van der Waals surface area contributed by atoms with E-state index in [9.17, 15) is 4.79 Å². The number of benzene rings is 1. The molecule has 1 saturated carbocycles. The van der Waals surface area contributed by atoms with Crippen LogP contribution in [0.1, 0.15) is 31.7 Å². The first-order valence-electron chi connectivity index (χ1n) is 8.94. The van der Waals surface area contributed by atoms with E-state index < -0.39 is 0 Å². The van der Waals surface area contributed by atoms with E-state index in [0.717, 1.165) is 25.9 Å². The van der Waals surface area contributed by atoms with Crippen molar-refractivity contribution < 1.29 is 9.53 Å². The van der Waals surface area contributed by atoms with Crippen molar-refractivity contribution >= 4 is 12.0 Å². The molecule has 2 aliphatic rings. The van der Waals surface area contributed by atoms with E-state index in [1.165, 1.54) is 24.7 Å². The average molecular weight is 328 g/mol. The summed E-state index contributed by atoms with van der Waals surface area (Å²) in [6, 6.07) is 11.8. The lowest BCUT2D eigenvalue weighted by atomic mass is 10.0. The number of ether oxygens (including phenoxy) is 1. The normalized spacial score (nSPS) is 25.5. The number of piperidine rings is 1. The van der Waals surface area contributed by atoms with E-state index in [0.29, 0.717) is 24.5 Å². The van der Waals surface area contributed by atoms with Gasteiger partial charge in [0.1, 0.15) is 0 Å². The first kappa shape index (κ1) is 17.2. The minimum Gasteiger partial charge on any atom is -0.468 e. The van der Waals surface area contributed by atoms with E-state index >= 15 is 0 Å². The molecule has 0 radical (unpaired) electrons. The van der Waals surface area contributed by atoms with Gasteiger partial charge in [-0.05, 0) is 37.7 Å². The van der Waals surface area contributed by atoms with Gasteiger partial charge in [-0.1, -0.05) is 42.0 Å². The van der Waals surface area contributed by atoms with Gasteiger partial charge >= 0.3 is 5.97 Å². The monoisotopic (exact) mass is 328 g/mol. The molecule has 3 rings (SSSR count). The summed E-state index contributed by atoms with van der Waals surface area (Å²) in [5.41, 5.74) is 2.76. The Morgan fingerprint density at radius 3 is 2.67 bits per heavy atom. The molecule has 130 valence electrons. The van der Waals surface area contributed by atoms with Crippen molar-refractivity contribution in [3.63, 3.8) is 0 Å². The predicted molar refractivity (Wildman–Crippen MR) is 96.6 cm³/mol. The first-order chi connectivity index (χ1) is 11.7. The highest BCUT2D eigenvalue weighted by Crippen LogP contribution is 2.38. The number of nitrogens with one attached hydrogen (secondary N) is 1. The highest BCUT2D eigenvalue weighted by atomic mass is 16.5. The first-order valence-corrected chi connectivity index (χ1v) is 8.94. The van der Waals surface area contributed by atoms with Crippen LogP contribution < -0.4 is 5.32 Å². The number of likely N-dealkylation sites (tertiary alicyclic amines) is 1. The molecular weight excluding hydrogens is 300 g/mol. The highest BCUT2D eigenvalue weighted by molar-refractivity contribution is 5.71. The Morgan fingerprint density at radius 2 is 2.00 bits per heavy atom. The molecule has 1 aromatic rings. The number of esters is 1. The maximum Gasteiger partial charge on any atom is 0.319 e. The molecule has 1 heterocycles. The van der Waals surface area contributed by atoms with Gasteiger partial charge in [-0.3, -0.25) is 9.69 Å². The fourth-order valence-corrected chi connectivity index (χ4v) is 3.61. The van der Waals surface area contributed by atoms with Gasteiger partial charge in [0.05, 0.1) is 13.7 Å².